The molecule has 0 aliphatic carbocycles. The Morgan fingerprint density at radius 2 is 1.67 bits per heavy atom. The second-order valence-corrected chi connectivity index (χ2v) is 9.18. The Morgan fingerprint density at radius 1 is 1.14 bits per heavy atom. The van der Waals surface area contributed by atoms with Crippen molar-refractivity contribution in [2.24, 2.45) is 0 Å². The van der Waals surface area contributed by atoms with Crippen LogP contribution >= 0.6 is 0 Å². The molecule has 0 saturated carbocycles. The number of hydrogen-bond donors (Lipinski definition) is 1. The first-order valence-electron chi connectivity index (χ1n) is 7.61. The van der Waals surface area contributed by atoms with Gasteiger partial charge in [-0.2, -0.15) is 0 Å². The summed E-state index contributed by atoms with van der Waals surface area (Å²) in [5.74, 6) is 0.510. The highest BCUT2D eigenvalue weighted by atomic mass is 32.2. The van der Waals surface area contributed by atoms with Crippen LogP contribution in [0.4, 0.5) is 0 Å². The van der Waals surface area contributed by atoms with Gasteiger partial charge in [-0.3, -0.25) is 0 Å². The van der Waals surface area contributed by atoms with E-state index >= 15 is 0 Å². The SMILES string of the molecule is CCNC(Cc1ccc(C(C)C)cc1)C(C)(C)S(C)(=O)=O. The predicted molar refractivity (Wildman–Crippen MR) is 90.6 cm³/mol. The number of rotatable bonds is 7. The summed E-state index contributed by atoms with van der Waals surface area (Å²) < 4.78 is 23.3. The van der Waals surface area contributed by atoms with Crippen molar-refractivity contribution in [3.05, 3.63) is 35.4 Å². The molecular weight excluding hydrogens is 282 g/mol. The molecule has 1 atom stereocenters. The van der Waals surface area contributed by atoms with Crippen molar-refractivity contribution < 1.29 is 8.42 Å². The Labute approximate surface area is 130 Å². The van der Waals surface area contributed by atoms with E-state index in [2.05, 4.69) is 43.4 Å². The summed E-state index contributed by atoms with van der Waals surface area (Å²) >= 11 is 0. The standard InChI is InChI=1S/C17H29NO2S/c1-7-18-16(17(4,5)21(6,19)20)12-14-8-10-15(11-9-14)13(2)3/h8-11,13,16,18H,7,12H2,1-6H3. The van der Waals surface area contributed by atoms with E-state index in [9.17, 15) is 8.42 Å². The number of sulfone groups is 1. The van der Waals surface area contributed by atoms with Crippen molar-refractivity contribution >= 4 is 9.84 Å². The highest BCUT2D eigenvalue weighted by Gasteiger charge is 2.38. The molecule has 21 heavy (non-hydrogen) atoms. The molecule has 0 aliphatic heterocycles. The number of benzene rings is 1. The maximum absolute atomic E-state index is 12.1. The van der Waals surface area contributed by atoms with Gasteiger partial charge in [0.15, 0.2) is 9.84 Å². The monoisotopic (exact) mass is 311 g/mol. The van der Waals surface area contributed by atoms with Crippen LogP contribution in [0.3, 0.4) is 0 Å². The van der Waals surface area contributed by atoms with E-state index in [1.807, 2.05) is 6.92 Å². The molecule has 1 N–H and O–H groups in total. The molecule has 0 aromatic heterocycles. The van der Waals surface area contributed by atoms with E-state index in [4.69, 9.17) is 0 Å². The Bertz CT molecular complexity index is 545. The molecule has 0 amide bonds. The van der Waals surface area contributed by atoms with Crippen LogP contribution in [0.15, 0.2) is 24.3 Å². The largest absolute Gasteiger partial charge is 0.312 e. The smallest absolute Gasteiger partial charge is 0.154 e. The van der Waals surface area contributed by atoms with Gasteiger partial charge in [0.25, 0.3) is 0 Å². The molecule has 0 bridgehead atoms. The molecule has 3 nitrogen and oxygen atoms in total. The highest BCUT2D eigenvalue weighted by Crippen LogP contribution is 2.24. The molecule has 0 heterocycles. The molecule has 0 radical (unpaired) electrons. The molecule has 0 spiro atoms. The van der Waals surface area contributed by atoms with Gasteiger partial charge < -0.3 is 5.32 Å². The maximum atomic E-state index is 12.1. The van der Waals surface area contributed by atoms with Crippen LogP contribution in [0.25, 0.3) is 0 Å². The summed E-state index contributed by atoms with van der Waals surface area (Å²) in [7, 11) is -3.13. The van der Waals surface area contributed by atoms with Crippen LogP contribution in [-0.4, -0.2) is 32.0 Å². The minimum atomic E-state index is -3.13. The van der Waals surface area contributed by atoms with E-state index in [1.54, 1.807) is 13.8 Å². The zero-order valence-corrected chi connectivity index (χ0v) is 14.9. The fraction of sp³-hybridized carbons (Fsp3) is 0.647. The number of likely N-dealkylation sites (N-methyl/N-ethyl adjacent to an activating group) is 1. The second kappa shape index (κ2) is 6.93. The lowest BCUT2D eigenvalue weighted by atomic mass is 9.93. The molecule has 0 aliphatic rings. The van der Waals surface area contributed by atoms with Crippen LogP contribution in [0.2, 0.25) is 0 Å². The minimum absolute atomic E-state index is 0.0950. The van der Waals surface area contributed by atoms with Crippen LogP contribution in [0.1, 0.15) is 51.7 Å². The highest BCUT2D eigenvalue weighted by molar-refractivity contribution is 7.92. The fourth-order valence-corrected chi connectivity index (χ4v) is 3.03. The normalized spacial score (nSPS) is 14.4. The van der Waals surface area contributed by atoms with E-state index in [-0.39, 0.29) is 6.04 Å². The minimum Gasteiger partial charge on any atom is -0.312 e. The van der Waals surface area contributed by atoms with Gasteiger partial charge >= 0.3 is 0 Å². The van der Waals surface area contributed by atoms with Gasteiger partial charge in [-0.15, -0.1) is 0 Å². The number of hydrogen-bond acceptors (Lipinski definition) is 3. The third kappa shape index (κ3) is 4.55. The summed E-state index contributed by atoms with van der Waals surface area (Å²) in [6, 6.07) is 8.39. The molecule has 120 valence electrons. The summed E-state index contributed by atoms with van der Waals surface area (Å²) in [6.45, 7) is 10.7. The van der Waals surface area contributed by atoms with Gasteiger partial charge in [0, 0.05) is 12.3 Å². The van der Waals surface area contributed by atoms with Gasteiger partial charge in [0.2, 0.25) is 0 Å². The van der Waals surface area contributed by atoms with Crippen molar-refractivity contribution in [2.45, 2.75) is 57.7 Å². The van der Waals surface area contributed by atoms with Gasteiger partial charge in [0.05, 0.1) is 4.75 Å². The first kappa shape index (κ1) is 18.2. The quantitative estimate of drug-likeness (QED) is 0.841. The van der Waals surface area contributed by atoms with Crippen molar-refractivity contribution in [1.82, 2.24) is 5.32 Å². The average molecular weight is 311 g/mol. The third-order valence-corrected chi connectivity index (χ3v) is 6.53. The summed E-state index contributed by atoms with van der Waals surface area (Å²) in [4.78, 5) is 0. The van der Waals surface area contributed by atoms with Crippen LogP contribution in [0, 0.1) is 0 Å². The lowest BCUT2D eigenvalue weighted by Gasteiger charge is -2.33. The Balaban J connectivity index is 2.98. The lowest BCUT2D eigenvalue weighted by Crippen LogP contribution is -2.52. The van der Waals surface area contributed by atoms with Crippen LogP contribution in [-0.2, 0) is 16.3 Å². The van der Waals surface area contributed by atoms with Crippen molar-refractivity contribution in [1.29, 1.82) is 0 Å². The predicted octanol–water partition coefficient (Wildman–Crippen LogP) is 3.15. The molecule has 1 aromatic carbocycles. The fourth-order valence-electron chi connectivity index (χ4n) is 2.34. The maximum Gasteiger partial charge on any atom is 0.154 e. The third-order valence-electron chi connectivity index (χ3n) is 4.33. The zero-order valence-electron chi connectivity index (χ0n) is 14.1. The van der Waals surface area contributed by atoms with E-state index in [0.29, 0.717) is 12.3 Å². The molecule has 1 aromatic rings. The molecule has 1 unspecified atom stereocenters. The topological polar surface area (TPSA) is 46.2 Å². The van der Waals surface area contributed by atoms with Gasteiger partial charge in [-0.25, -0.2) is 8.42 Å². The number of nitrogens with one attached hydrogen (secondary N) is 1. The lowest BCUT2D eigenvalue weighted by molar-refractivity contribution is 0.413. The van der Waals surface area contributed by atoms with Gasteiger partial charge in [-0.05, 0) is 43.9 Å². The second-order valence-electron chi connectivity index (χ2n) is 6.59. The van der Waals surface area contributed by atoms with E-state index in [1.165, 1.54) is 17.4 Å². The van der Waals surface area contributed by atoms with Crippen molar-refractivity contribution in [3.63, 3.8) is 0 Å². The Kier molecular flexibility index (Phi) is 6.00. The first-order valence-corrected chi connectivity index (χ1v) is 9.50. The van der Waals surface area contributed by atoms with E-state index in [0.717, 1.165) is 6.54 Å². The molecule has 4 heteroatoms. The molecule has 1 rings (SSSR count). The van der Waals surface area contributed by atoms with E-state index < -0.39 is 14.6 Å². The van der Waals surface area contributed by atoms with Crippen molar-refractivity contribution in [3.8, 4) is 0 Å². The Hall–Kier alpha value is -0.870. The van der Waals surface area contributed by atoms with Crippen LogP contribution < -0.4 is 5.32 Å². The Morgan fingerprint density at radius 3 is 2.05 bits per heavy atom. The van der Waals surface area contributed by atoms with Crippen molar-refractivity contribution in [2.75, 3.05) is 12.8 Å². The molecule has 0 saturated heterocycles. The zero-order chi connectivity index (χ0) is 16.3. The molecular formula is C17H29NO2S. The average Bonchev–Trinajstić information content (AvgIpc) is 2.37. The summed E-state index contributed by atoms with van der Waals surface area (Å²) in [5.41, 5.74) is 2.48. The first-order chi connectivity index (χ1) is 9.59. The summed E-state index contributed by atoms with van der Waals surface area (Å²) in [5, 5.41) is 3.34. The van der Waals surface area contributed by atoms with Crippen LogP contribution in [0.5, 0.6) is 0 Å². The summed E-state index contributed by atoms with van der Waals surface area (Å²) in [6.07, 6.45) is 2.03. The molecule has 0 fully saturated rings. The van der Waals surface area contributed by atoms with Gasteiger partial charge in [-0.1, -0.05) is 45.0 Å². The van der Waals surface area contributed by atoms with Gasteiger partial charge in [0.1, 0.15) is 0 Å².